The van der Waals surface area contributed by atoms with E-state index in [2.05, 4.69) is 62.4 Å². The summed E-state index contributed by atoms with van der Waals surface area (Å²) in [4.78, 5) is 0. The van der Waals surface area contributed by atoms with Gasteiger partial charge in [-0.25, -0.2) is 0 Å². The van der Waals surface area contributed by atoms with Crippen LogP contribution in [0, 0.1) is 17.8 Å². The summed E-state index contributed by atoms with van der Waals surface area (Å²) in [7, 11) is 0. The van der Waals surface area contributed by atoms with Gasteiger partial charge in [0.05, 0.1) is 13.2 Å². The van der Waals surface area contributed by atoms with Gasteiger partial charge >= 0.3 is 0 Å². The Kier molecular flexibility index (Phi) is 10.2. The third-order valence-corrected chi connectivity index (χ3v) is 7.64. The Morgan fingerprint density at radius 1 is 0.833 bits per heavy atom. The molecular weight excluding hydrogens is 364 g/mol. The van der Waals surface area contributed by atoms with Crippen LogP contribution in [-0.2, 0) is 11.3 Å². The molecule has 30 heavy (non-hydrogen) atoms. The van der Waals surface area contributed by atoms with E-state index in [1.807, 2.05) is 0 Å². The minimum Gasteiger partial charge on any atom is -0.373 e. The highest BCUT2D eigenvalue weighted by Crippen LogP contribution is 2.44. The summed E-state index contributed by atoms with van der Waals surface area (Å²) < 4.78 is 5.73. The quantitative estimate of drug-likeness (QED) is 0.278. The van der Waals surface area contributed by atoms with Crippen LogP contribution in [0.25, 0.3) is 0 Å². The van der Waals surface area contributed by atoms with Gasteiger partial charge in [0, 0.05) is 0 Å². The van der Waals surface area contributed by atoms with Crippen LogP contribution in [0.2, 0.25) is 0 Å². The molecule has 0 radical (unpaired) electrons. The maximum absolute atomic E-state index is 5.73. The van der Waals surface area contributed by atoms with Crippen LogP contribution in [0.5, 0.6) is 0 Å². The lowest BCUT2D eigenvalue weighted by Gasteiger charge is -2.38. The summed E-state index contributed by atoms with van der Waals surface area (Å²) >= 11 is 0. The van der Waals surface area contributed by atoms with Crippen molar-refractivity contribution in [1.29, 1.82) is 0 Å². The molecule has 0 unspecified atom stereocenters. The van der Waals surface area contributed by atoms with Gasteiger partial charge in [-0.2, -0.15) is 0 Å². The van der Waals surface area contributed by atoms with Gasteiger partial charge < -0.3 is 4.74 Å². The predicted octanol–water partition coefficient (Wildman–Crippen LogP) is 8.61. The van der Waals surface area contributed by atoms with Crippen LogP contribution in [0.15, 0.2) is 48.6 Å². The lowest BCUT2D eigenvalue weighted by molar-refractivity contribution is 0.148. The highest BCUT2D eigenvalue weighted by molar-refractivity contribution is 5.25. The van der Waals surface area contributed by atoms with Gasteiger partial charge in [-0.15, -0.1) is 0 Å². The zero-order valence-electron chi connectivity index (χ0n) is 19.5. The summed E-state index contributed by atoms with van der Waals surface area (Å²) in [5.74, 6) is 3.80. The molecule has 0 aliphatic heterocycles. The number of benzene rings is 1. The molecule has 0 bridgehead atoms. The first-order valence-electron chi connectivity index (χ1n) is 12.7. The molecule has 1 heteroatoms. The van der Waals surface area contributed by atoms with Gasteiger partial charge in [0.1, 0.15) is 0 Å². The van der Waals surface area contributed by atoms with Crippen LogP contribution in [0.3, 0.4) is 0 Å². The van der Waals surface area contributed by atoms with E-state index in [0.717, 1.165) is 43.3 Å². The zero-order valence-corrected chi connectivity index (χ0v) is 19.5. The van der Waals surface area contributed by atoms with Crippen molar-refractivity contribution in [3.8, 4) is 0 Å². The summed E-state index contributed by atoms with van der Waals surface area (Å²) in [6.07, 6.45) is 24.3. The van der Waals surface area contributed by atoms with Crippen LogP contribution < -0.4 is 0 Å². The molecule has 1 aromatic carbocycles. The van der Waals surface area contributed by atoms with Crippen LogP contribution in [0.4, 0.5) is 0 Å². The summed E-state index contributed by atoms with van der Waals surface area (Å²) in [6, 6.07) is 9.28. The molecule has 2 aliphatic rings. The summed E-state index contributed by atoms with van der Waals surface area (Å²) in [6.45, 7) is 5.74. The van der Waals surface area contributed by atoms with Gasteiger partial charge in [0.15, 0.2) is 0 Å². The van der Waals surface area contributed by atoms with Crippen molar-refractivity contribution in [2.24, 2.45) is 17.8 Å². The van der Waals surface area contributed by atoms with Crippen LogP contribution in [-0.4, -0.2) is 6.61 Å². The minimum atomic E-state index is 0.720. The number of allylic oxidation sites excluding steroid dienone is 3. The Labute approximate surface area is 186 Å². The third kappa shape index (κ3) is 7.41. The minimum absolute atomic E-state index is 0.720. The van der Waals surface area contributed by atoms with Gasteiger partial charge in [-0.1, -0.05) is 68.3 Å². The zero-order chi connectivity index (χ0) is 21.0. The second-order valence-corrected chi connectivity index (χ2v) is 9.68. The molecule has 0 N–H and O–H groups in total. The molecule has 0 atom stereocenters. The lowest BCUT2D eigenvalue weighted by Crippen LogP contribution is -2.25. The van der Waals surface area contributed by atoms with Crippen molar-refractivity contribution in [3.05, 3.63) is 59.7 Å². The molecule has 0 amide bonds. The second-order valence-electron chi connectivity index (χ2n) is 9.68. The molecule has 2 saturated carbocycles. The number of hydrogen-bond donors (Lipinski definition) is 0. The van der Waals surface area contributed by atoms with E-state index in [0.29, 0.717) is 0 Å². The molecular formula is C29H44O. The Morgan fingerprint density at radius 2 is 1.50 bits per heavy atom. The van der Waals surface area contributed by atoms with E-state index in [1.165, 1.54) is 69.8 Å². The number of hydrogen-bond acceptors (Lipinski definition) is 1. The van der Waals surface area contributed by atoms with Gasteiger partial charge in [0.2, 0.25) is 0 Å². The fraction of sp³-hybridized carbons (Fsp3) is 0.655. The first kappa shape index (κ1) is 23.3. The van der Waals surface area contributed by atoms with E-state index < -0.39 is 0 Å². The topological polar surface area (TPSA) is 9.23 Å². The number of rotatable bonds is 10. The molecule has 2 fully saturated rings. The van der Waals surface area contributed by atoms with Gasteiger partial charge in [0.25, 0.3) is 0 Å². The Bertz CT molecular complexity index is 625. The van der Waals surface area contributed by atoms with E-state index >= 15 is 0 Å². The average molecular weight is 409 g/mol. The Hall–Kier alpha value is -1.34. The largest absolute Gasteiger partial charge is 0.373 e. The number of ether oxygens (including phenoxy) is 1. The van der Waals surface area contributed by atoms with Crippen LogP contribution >= 0.6 is 0 Å². The fourth-order valence-electron chi connectivity index (χ4n) is 5.74. The SMILES string of the molecule is C/C=C/CC[C@H]1CC[C@H](C2CCC(c3ccc(COC/C=C/CC)cc3)CC2)CC1. The molecule has 166 valence electrons. The monoisotopic (exact) mass is 408 g/mol. The van der Waals surface area contributed by atoms with Crippen molar-refractivity contribution >= 4 is 0 Å². The fourth-order valence-corrected chi connectivity index (χ4v) is 5.74. The molecule has 0 heterocycles. The summed E-state index contributed by atoms with van der Waals surface area (Å²) in [5.41, 5.74) is 2.85. The first-order valence-corrected chi connectivity index (χ1v) is 12.7. The van der Waals surface area contributed by atoms with Crippen LogP contribution in [0.1, 0.15) is 102 Å². The van der Waals surface area contributed by atoms with Gasteiger partial charge in [-0.3, -0.25) is 0 Å². The maximum Gasteiger partial charge on any atom is 0.0721 e. The normalized spacial score (nSPS) is 27.8. The van der Waals surface area contributed by atoms with Crippen molar-refractivity contribution in [3.63, 3.8) is 0 Å². The highest BCUT2D eigenvalue weighted by Gasteiger charge is 2.31. The molecule has 0 saturated heterocycles. The van der Waals surface area contributed by atoms with E-state index in [4.69, 9.17) is 4.74 Å². The van der Waals surface area contributed by atoms with Crippen molar-refractivity contribution in [2.45, 2.75) is 97.0 Å². The predicted molar refractivity (Wildman–Crippen MR) is 130 cm³/mol. The van der Waals surface area contributed by atoms with E-state index in [1.54, 1.807) is 5.56 Å². The second kappa shape index (κ2) is 13.2. The molecule has 2 aliphatic carbocycles. The van der Waals surface area contributed by atoms with E-state index in [9.17, 15) is 0 Å². The smallest absolute Gasteiger partial charge is 0.0721 e. The molecule has 3 rings (SSSR count). The van der Waals surface area contributed by atoms with Crippen molar-refractivity contribution < 1.29 is 4.74 Å². The molecule has 1 nitrogen and oxygen atoms in total. The van der Waals surface area contributed by atoms with Crippen molar-refractivity contribution in [1.82, 2.24) is 0 Å². The highest BCUT2D eigenvalue weighted by atomic mass is 16.5. The Morgan fingerprint density at radius 3 is 2.13 bits per heavy atom. The van der Waals surface area contributed by atoms with Gasteiger partial charge in [-0.05, 0) is 99.5 Å². The van der Waals surface area contributed by atoms with E-state index in [-0.39, 0.29) is 0 Å². The first-order chi connectivity index (χ1) is 14.8. The molecule has 0 aromatic heterocycles. The lowest BCUT2D eigenvalue weighted by atomic mass is 9.68. The standard InChI is InChI=1S/C29H44O/c1-3-5-7-9-24-10-14-26(15-11-24)28-18-20-29(21-19-28)27-16-12-25(13-17-27)23-30-22-8-6-4-2/h3,5-6,8,12-13,16-17,24,26,28-29H,4,7,9-11,14-15,18-23H2,1-2H3/b5-3+,8-6+/t24-,26-,28?,29?. The third-order valence-electron chi connectivity index (χ3n) is 7.64. The van der Waals surface area contributed by atoms with Crippen molar-refractivity contribution in [2.75, 3.05) is 6.61 Å². The molecule has 1 aromatic rings. The summed E-state index contributed by atoms with van der Waals surface area (Å²) in [5, 5.41) is 0. The Balaban J connectivity index is 1.36. The molecule has 0 spiro atoms. The average Bonchev–Trinajstić information content (AvgIpc) is 2.80. The maximum atomic E-state index is 5.73.